The minimum absolute atomic E-state index is 0.00362. The molecule has 0 amide bonds. The van der Waals surface area contributed by atoms with Crippen molar-refractivity contribution >= 4 is 34.4 Å². The Morgan fingerprint density at radius 2 is 1.97 bits per heavy atom. The minimum Gasteiger partial charge on any atom is -0.383 e. The second-order valence-corrected chi connectivity index (χ2v) is 5.89. The molecule has 0 radical (unpaired) electrons. The fourth-order valence-electron chi connectivity index (χ4n) is 2.52. The van der Waals surface area contributed by atoms with E-state index >= 15 is 0 Å². The van der Waals surface area contributed by atoms with Gasteiger partial charge in [0.05, 0.1) is 10.5 Å². The predicted octanol–water partition coefficient (Wildman–Crippen LogP) is 5.05. The Hall–Kier alpha value is -4.39. The summed E-state index contributed by atoms with van der Waals surface area (Å²) in [5, 5.41) is 31.1. The van der Waals surface area contributed by atoms with E-state index in [2.05, 4.69) is 20.5 Å². The van der Waals surface area contributed by atoms with Gasteiger partial charge in [0.2, 0.25) is 0 Å². The van der Waals surface area contributed by atoms with Crippen LogP contribution in [0, 0.1) is 34.2 Å². The van der Waals surface area contributed by atoms with E-state index in [0.29, 0.717) is 11.3 Å². The van der Waals surface area contributed by atoms with E-state index in [4.69, 9.17) is 5.73 Å². The number of rotatable bonds is 5. The lowest BCUT2D eigenvalue weighted by Crippen LogP contribution is -2.03. The molecule has 0 atom stereocenters. The molecule has 0 spiro atoms. The van der Waals surface area contributed by atoms with Crippen molar-refractivity contribution in [3.63, 3.8) is 0 Å². The molecule has 0 fully saturated rings. The fraction of sp³-hybridized carbons (Fsp3) is 0.0526. The smallest absolute Gasteiger partial charge is 0.271 e. The van der Waals surface area contributed by atoms with Gasteiger partial charge in [0.15, 0.2) is 11.6 Å². The number of nitrogens with zero attached hydrogens (tertiary/aromatic N) is 5. The van der Waals surface area contributed by atoms with Crippen LogP contribution in [0.1, 0.15) is 11.1 Å². The number of para-hydroxylation sites is 1. The summed E-state index contributed by atoms with van der Waals surface area (Å²) in [6.45, 7) is 1.60. The number of nitrogens with two attached hydrogens (primary N) is 1. The van der Waals surface area contributed by atoms with Crippen LogP contribution in [0.5, 0.6) is 0 Å². The lowest BCUT2D eigenvalue weighted by atomic mass is 10.1. The first kappa shape index (κ1) is 19.4. The molecule has 0 aliphatic carbocycles. The number of nitro benzene ring substituents is 1. The Labute approximate surface area is 164 Å². The summed E-state index contributed by atoms with van der Waals surface area (Å²) in [4.78, 5) is 14.4. The van der Waals surface area contributed by atoms with Gasteiger partial charge in [-0.1, -0.05) is 18.2 Å². The van der Waals surface area contributed by atoms with E-state index < -0.39 is 10.7 Å². The third-order valence-corrected chi connectivity index (χ3v) is 3.99. The second-order valence-electron chi connectivity index (χ2n) is 5.89. The van der Waals surface area contributed by atoms with Crippen molar-refractivity contribution in [3.8, 4) is 6.07 Å². The van der Waals surface area contributed by atoms with Crippen LogP contribution in [0.25, 0.3) is 0 Å². The van der Waals surface area contributed by atoms with Crippen LogP contribution in [-0.4, -0.2) is 9.91 Å². The van der Waals surface area contributed by atoms with E-state index in [9.17, 15) is 19.8 Å². The van der Waals surface area contributed by atoms with Gasteiger partial charge in [0.25, 0.3) is 5.69 Å². The minimum atomic E-state index is -0.779. The van der Waals surface area contributed by atoms with Gasteiger partial charge in [0, 0.05) is 23.4 Å². The number of aromatic nitrogens is 1. The number of azo groups is 1. The molecular weight excluding hydrogens is 377 g/mol. The van der Waals surface area contributed by atoms with E-state index in [1.165, 1.54) is 0 Å². The van der Waals surface area contributed by atoms with Crippen molar-refractivity contribution < 1.29 is 9.31 Å². The number of non-ortho nitro benzene ring substituents is 1. The summed E-state index contributed by atoms with van der Waals surface area (Å²) < 4.78 is 14.0. The molecule has 2 aromatic carbocycles. The molecule has 1 aromatic heterocycles. The molecule has 0 aliphatic heterocycles. The zero-order chi connectivity index (χ0) is 21.0. The van der Waals surface area contributed by atoms with Gasteiger partial charge in [-0.3, -0.25) is 10.1 Å². The van der Waals surface area contributed by atoms with Gasteiger partial charge in [-0.25, -0.2) is 9.37 Å². The van der Waals surface area contributed by atoms with Crippen molar-refractivity contribution in [1.82, 2.24) is 4.98 Å². The van der Waals surface area contributed by atoms with E-state index in [1.54, 1.807) is 19.1 Å². The number of anilines is 3. The van der Waals surface area contributed by atoms with E-state index in [1.807, 2.05) is 24.3 Å². The van der Waals surface area contributed by atoms with Crippen molar-refractivity contribution in [2.45, 2.75) is 6.92 Å². The number of hydrogen-bond donors (Lipinski definition) is 2. The van der Waals surface area contributed by atoms with Crippen molar-refractivity contribution in [2.24, 2.45) is 10.2 Å². The maximum Gasteiger partial charge on any atom is 0.271 e. The lowest BCUT2D eigenvalue weighted by Gasteiger charge is -2.12. The number of nitro groups is 1. The molecule has 144 valence electrons. The van der Waals surface area contributed by atoms with Gasteiger partial charge >= 0.3 is 0 Å². The first-order chi connectivity index (χ1) is 13.9. The summed E-state index contributed by atoms with van der Waals surface area (Å²) in [7, 11) is 0. The van der Waals surface area contributed by atoms with Gasteiger partial charge in [-0.15, -0.1) is 10.2 Å². The molecule has 0 unspecified atom stereocenters. The van der Waals surface area contributed by atoms with Crippen LogP contribution < -0.4 is 11.1 Å². The highest BCUT2D eigenvalue weighted by atomic mass is 19.1. The van der Waals surface area contributed by atoms with Gasteiger partial charge < -0.3 is 11.1 Å². The highest BCUT2D eigenvalue weighted by Crippen LogP contribution is 2.36. The summed E-state index contributed by atoms with van der Waals surface area (Å²) in [5.41, 5.74) is 6.54. The summed E-state index contributed by atoms with van der Waals surface area (Å²) in [6, 6.07) is 13.9. The number of nitrogen functional groups attached to an aromatic ring is 1. The Morgan fingerprint density at radius 1 is 1.24 bits per heavy atom. The standard InChI is InChI=1S/C19H14FN7O2/c1-11-14(10-21)18(22)24-19(23-12-5-3-2-4-6-12)17(11)26-25-16-9-13(27(28)29)7-8-15(16)20/h2-9H,1H3,(H3,22,23,24). The van der Waals surface area contributed by atoms with Crippen LogP contribution in [0.15, 0.2) is 58.8 Å². The highest BCUT2D eigenvalue weighted by molar-refractivity contribution is 5.76. The molecule has 0 aliphatic rings. The van der Waals surface area contributed by atoms with Crippen LogP contribution in [0.2, 0.25) is 0 Å². The normalized spacial score (nSPS) is 10.7. The molecule has 3 aromatic rings. The first-order valence-corrected chi connectivity index (χ1v) is 8.28. The van der Waals surface area contributed by atoms with Crippen LogP contribution >= 0.6 is 0 Å². The summed E-state index contributed by atoms with van der Waals surface area (Å²) in [5.74, 6) is -0.567. The van der Waals surface area contributed by atoms with Crippen molar-refractivity contribution in [1.29, 1.82) is 5.26 Å². The maximum absolute atomic E-state index is 14.0. The topological polar surface area (TPSA) is 143 Å². The van der Waals surface area contributed by atoms with Crippen LogP contribution in [0.4, 0.5) is 38.8 Å². The number of nitrogens with one attached hydrogen (secondary N) is 1. The van der Waals surface area contributed by atoms with E-state index in [0.717, 1.165) is 18.2 Å². The molecule has 3 rings (SSSR count). The molecule has 29 heavy (non-hydrogen) atoms. The zero-order valence-electron chi connectivity index (χ0n) is 15.1. The molecule has 10 heteroatoms. The molecular formula is C19H14FN7O2. The Morgan fingerprint density at radius 3 is 2.62 bits per heavy atom. The lowest BCUT2D eigenvalue weighted by molar-refractivity contribution is -0.384. The number of benzene rings is 2. The highest BCUT2D eigenvalue weighted by Gasteiger charge is 2.17. The Balaban J connectivity index is 2.10. The van der Waals surface area contributed by atoms with Gasteiger partial charge in [-0.05, 0) is 25.1 Å². The average molecular weight is 391 g/mol. The predicted molar refractivity (Wildman–Crippen MR) is 105 cm³/mol. The fourth-order valence-corrected chi connectivity index (χ4v) is 2.52. The average Bonchev–Trinajstić information content (AvgIpc) is 2.69. The first-order valence-electron chi connectivity index (χ1n) is 8.28. The molecule has 9 nitrogen and oxygen atoms in total. The van der Waals surface area contributed by atoms with Crippen molar-refractivity contribution in [3.05, 3.63) is 75.6 Å². The molecule has 1 heterocycles. The monoisotopic (exact) mass is 391 g/mol. The Kier molecular flexibility index (Phi) is 5.41. The number of nitriles is 1. The molecule has 3 N–H and O–H groups in total. The molecule has 0 saturated heterocycles. The van der Waals surface area contributed by atoms with Gasteiger partial charge in [0.1, 0.15) is 23.3 Å². The Bertz CT molecular complexity index is 1160. The third kappa shape index (κ3) is 4.14. The zero-order valence-corrected chi connectivity index (χ0v) is 15.1. The maximum atomic E-state index is 14.0. The van der Waals surface area contributed by atoms with Crippen molar-refractivity contribution in [2.75, 3.05) is 11.1 Å². The number of hydrogen-bond acceptors (Lipinski definition) is 8. The largest absolute Gasteiger partial charge is 0.383 e. The molecule has 0 saturated carbocycles. The summed E-state index contributed by atoms with van der Waals surface area (Å²) in [6.07, 6.45) is 0. The second kappa shape index (κ2) is 8.10. The number of halogens is 1. The van der Waals surface area contributed by atoms with Gasteiger partial charge in [-0.2, -0.15) is 5.26 Å². The van der Waals surface area contributed by atoms with Crippen LogP contribution in [0.3, 0.4) is 0 Å². The summed E-state index contributed by atoms with van der Waals surface area (Å²) >= 11 is 0. The third-order valence-electron chi connectivity index (χ3n) is 3.99. The number of pyridine rings is 1. The molecule has 0 bridgehead atoms. The van der Waals surface area contributed by atoms with Crippen LogP contribution in [-0.2, 0) is 0 Å². The SMILES string of the molecule is Cc1c(C#N)c(N)nc(Nc2ccccc2)c1N=Nc1cc([N+](=O)[O-])ccc1F. The quantitative estimate of drug-likeness (QED) is 0.354. The van der Waals surface area contributed by atoms with E-state index in [-0.39, 0.29) is 34.3 Å².